The molecule has 0 bridgehead atoms. The maximum atomic E-state index is 12.6. The van der Waals surface area contributed by atoms with Gasteiger partial charge in [0, 0.05) is 36.0 Å². The lowest BCUT2D eigenvalue weighted by molar-refractivity contribution is -0.385. The second-order valence-electron chi connectivity index (χ2n) is 5.99. The van der Waals surface area contributed by atoms with Gasteiger partial charge in [0.1, 0.15) is 0 Å². The first-order valence-electron chi connectivity index (χ1n) is 8.10. The van der Waals surface area contributed by atoms with Crippen molar-refractivity contribution in [2.45, 2.75) is 17.7 Å². The number of phenolic OH excluding ortho intramolecular Hbond substituents is 1. The Balaban J connectivity index is 1.92. The van der Waals surface area contributed by atoms with E-state index < -0.39 is 26.4 Å². The van der Waals surface area contributed by atoms with E-state index in [1.165, 1.54) is 28.7 Å². The fourth-order valence-corrected chi connectivity index (χ4v) is 4.57. The average molecular weight is 410 g/mol. The summed E-state index contributed by atoms with van der Waals surface area (Å²) in [7, 11) is -3.58. The van der Waals surface area contributed by atoms with Gasteiger partial charge in [-0.05, 0) is 37.1 Å². The minimum atomic E-state index is -3.58. The zero-order valence-electron chi connectivity index (χ0n) is 14.1. The summed E-state index contributed by atoms with van der Waals surface area (Å²) < 4.78 is 26.7. The molecule has 3 rings (SSSR count). The Morgan fingerprint density at radius 3 is 2.59 bits per heavy atom. The van der Waals surface area contributed by atoms with Crippen LogP contribution in [-0.2, 0) is 10.0 Å². The molecule has 10 heteroatoms. The van der Waals surface area contributed by atoms with Gasteiger partial charge in [-0.1, -0.05) is 17.7 Å². The lowest BCUT2D eigenvalue weighted by atomic mass is 10.2. The second kappa shape index (κ2) is 7.63. The van der Waals surface area contributed by atoms with Crippen LogP contribution >= 0.6 is 11.6 Å². The van der Waals surface area contributed by atoms with Gasteiger partial charge in [-0.15, -0.1) is 0 Å². The fraction of sp³-hybridized carbons (Fsp3) is 0.235. The number of sulfonamides is 1. The molecule has 1 fully saturated rings. The van der Waals surface area contributed by atoms with Gasteiger partial charge in [0.05, 0.1) is 15.5 Å². The molecule has 0 aliphatic carbocycles. The highest BCUT2D eigenvalue weighted by molar-refractivity contribution is 7.89. The van der Waals surface area contributed by atoms with Gasteiger partial charge < -0.3 is 5.11 Å². The van der Waals surface area contributed by atoms with E-state index in [4.69, 9.17) is 11.6 Å². The van der Waals surface area contributed by atoms with Crippen LogP contribution in [0.2, 0.25) is 5.02 Å². The van der Waals surface area contributed by atoms with Crippen LogP contribution in [0.5, 0.6) is 5.75 Å². The van der Waals surface area contributed by atoms with Gasteiger partial charge >= 0.3 is 5.69 Å². The predicted molar refractivity (Wildman–Crippen MR) is 101 cm³/mol. The Labute approximate surface area is 160 Å². The molecule has 142 valence electrons. The number of hydrogen-bond donors (Lipinski definition) is 1. The van der Waals surface area contributed by atoms with E-state index in [0.29, 0.717) is 18.8 Å². The van der Waals surface area contributed by atoms with Crippen molar-refractivity contribution in [3.8, 4) is 5.75 Å². The zero-order valence-corrected chi connectivity index (χ0v) is 15.7. The van der Waals surface area contributed by atoms with E-state index >= 15 is 0 Å². The van der Waals surface area contributed by atoms with Crippen molar-refractivity contribution in [1.29, 1.82) is 0 Å². The number of hydrogen-bond acceptors (Lipinski definition) is 6. The van der Waals surface area contributed by atoms with Crippen molar-refractivity contribution in [1.82, 2.24) is 4.31 Å². The van der Waals surface area contributed by atoms with E-state index in [1.807, 2.05) is 0 Å². The van der Waals surface area contributed by atoms with Crippen LogP contribution in [-0.4, -0.2) is 42.1 Å². The van der Waals surface area contributed by atoms with Crippen LogP contribution < -0.4 is 0 Å². The molecule has 1 N–H and O–H groups in total. The average Bonchev–Trinajstić information content (AvgIpc) is 3.17. The molecule has 8 nitrogen and oxygen atoms in total. The van der Waals surface area contributed by atoms with E-state index in [9.17, 15) is 23.6 Å². The Bertz CT molecular complexity index is 1020. The van der Waals surface area contributed by atoms with Crippen LogP contribution in [0.4, 0.5) is 11.4 Å². The number of nitrogens with zero attached hydrogens (tertiary/aromatic N) is 3. The molecule has 2 aromatic carbocycles. The Morgan fingerprint density at radius 1 is 1.22 bits per heavy atom. The van der Waals surface area contributed by atoms with E-state index in [2.05, 4.69) is 4.99 Å². The Kier molecular flexibility index (Phi) is 5.45. The summed E-state index contributed by atoms with van der Waals surface area (Å²) in [6.45, 7) is 0.992. The molecule has 1 aliphatic heterocycles. The summed E-state index contributed by atoms with van der Waals surface area (Å²) in [6.07, 6.45) is 2.88. The van der Waals surface area contributed by atoms with Gasteiger partial charge in [0.2, 0.25) is 15.8 Å². The van der Waals surface area contributed by atoms with Crippen LogP contribution in [0.15, 0.2) is 46.3 Å². The summed E-state index contributed by atoms with van der Waals surface area (Å²) in [4.78, 5) is 14.5. The van der Waals surface area contributed by atoms with Gasteiger partial charge in [-0.25, -0.2) is 8.42 Å². The third-order valence-electron chi connectivity index (χ3n) is 4.15. The number of nitro benzene ring substituents is 1. The molecule has 0 aromatic heterocycles. The van der Waals surface area contributed by atoms with Crippen LogP contribution in [0, 0.1) is 10.1 Å². The lowest BCUT2D eigenvalue weighted by Crippen LogP contribution is -2.27. The SMILES string of the molecule is O=[N+]([O-])c1cc(Cl)cc(C=Nc2cccc(S(=O)(=O)N3CCCC3)c2)c1O. The topological polar surface area (TPSA) is 113 Å². The minimum absolute atomic E-state index is 0.0574. The van der Waals surface area contributed by atoms with Gasteiger partial charge in [0.15, 0.2) is 0 Å². The fourth-order valence-electron chi connectivity index (χ4n) is 2.79. The predicted octanol–water partition coefficient (Wildman–Crippen LogP) is 3.49. The molecule has 0 saturated carbocycles. The maximum absolute atomic E-state index is 12.6. The standard InChI is InChI=1S/C17H16ClN3O5S/c18-13-8-12(17(22)16(9-13)21(23)24)11-19-14-4-3-5-15(10-14)27(25,26)20-6-1-2-7-20/h3-5,8-11,22H,1-2,6-7H2. The van der Waals surface area contributed by atoms with Crippen molar-refractivity contribution in [3.63, 3.8) is 0 Å². The summed E-state index contributed by atoms with van der Waals surface area (Å²) in [6, 6.07) is 8.44. The van der Waals surface area contributed by atoms with Gasteiger partial charge in [0.25, 0.3) is 0 Å². The molecular formula is C17H16ClN3O5S. The highest BCUT2D eigenvalue weighted by Gasteiger charge is 2.27. The first kappa shape index (κ1) is 19.3. The molecule has 2 aromatic rings. The number of benzene rings is 2. The number of phenols is 1. The first-order valence-corrected chi connectivity index (χ1v) is 9.92. The molecule has 1 aliphatic rings. The molecule has 27 heavy (non-hydrogen) atoms. The van der Waals surface area contributed by atoms with Crippen molar-refractivity contribution in [2.24, 2.45) is 4.99 Å². The lowest BCUT2D eigenvalue weighted by Gasteiger charge is -2.15. The Hall–Kier alpha value is -2.49. The molecule has 0 amide bonds. The van der Waals surface area contributed by atoms with Gasteiger partial charge in [-0.2, -0.15) is 4.31 Å². The summed E-state index contributed by atoms with van der Waals surface area (Å²) in [5.41, 5.74) is -0.145. The van der Waals surface area contributed by atoms with Gasteiger partial charge in [-0.3, -0.25) is 15.1 Å². The van der Waals surface area contributed by atoms with Crippen molar-refractivity contribution in [2.75, 3.05) is 13.1 Å². The quantitative estimate of drug-likeness (QED) is 0.461. The first-order chi connectivity index (χ1) is 12.8. The van der Waals surface area contributed by atoms with Crippen molar-refractivity contribution < 1.29 is 18.4 Å². The largest absolute Gasteiger partial charge is 0.502 e. The molecule has 1 heterocycles. The summed E-state index contributed by atoms with van der Waals surface area (Å²) in [5, 5.41) is 21.0. The molecule has 0 atom stereocenters. The highest BCUT2D eigenvalue weighted by atomic mass is 35.5. The normalized spacial score (nSPS) is 15.4. The molecule has 1 saturated heterocycles. The van der Waals surface area contributed by atoms with Crippen LogP contribution in [0.3, 0.4) is 0 Å². The Morgan fingerprint density at radius 2 is 1.93 bits per heavy atom. The number of nitro groups is 1. The van der Waals surface area contributed by atoms with E-state index in [0.717, 1.165) is 18.9 Å². The third-order valence-corrected chi connectivity index (χ3v) is 6.27. The van der Waals surface area contributed by atoms with Crippen LogP contribution in [0.25, 0.3) is 0 Å². The van der Waals surface area contributed by atoms with Crippen molar-refractivity contribution >= 4 is 39.2 Å². The number of aliphatic imine (C=N–C) groups is 1. The smallest absolute Gasteiger partial charge is 0.312 e. The van der Waals surface area contributed by atoms with Crippen molar-refractivity contribution in [3.05, 3.63) is 57.1 Å². The third kappa shape index (κ3) is 4.10. The van der Waals surface area contributed by atoms with E-state index in [1.54, 1.807) is 12.1 Å². The maximum Gasteiger partial charge on any atom is 0.312 e. The molecule has 0 spiro atoms. The highest BCUT2D eigenvalue weighted by Crippen LogP contribution is 2.32. The summed E-state index contributed by atoms with van der Waals surface area (Å²) in [5.74, 6) is -0.561. The second-order valence-corrected chi connectivity index (χ2v) is 8.36. The minimum Gasteiger partial charge on any atom is -0.502 e. The number of aromatic hydroxyl groups is 1. The monoisotopic (exact) mass is 409 g/mol. The molecule has 0 unspecified atom stereocenters. The van der Waals surface area contributed by atoms with Crippen LogP contribution in [0.1, 0.15) is 18.4 Å². The van der Waals surface area contributed by atoms with E-state index in [-0.39, 0.29) is 15.5 Å². The summed E-state index contributed by atoms with van der Waals surface area (Å²) >= 11 is 5.84. The zero-order chi connectivity index (χ0) is 19.6. The number of halogens is 1. The number of rotatable bonds is 5. The molecular weight excluding hydrogens is 394 g/mol. The molecule has 0 radical (unpaired) electrons.